The highest BCUT2D eigenvalue weighted by Gasteiger charge is 2.40. The van der Waals surface area contributed by atoms with Gasteiger partial charge < -0.3 is 9.30 Å². The molecule has 0 saturated carbocycles. The van der Waals surface area contributed by atoms with Crippen LogP contribution in [0.2, 0.25) is 0 Å². The molecule has 1 aliphatic rings. The molecule has 7 aromatic rings. The van der Waals surface area contributed by atoms with Gasteiger partial charge in [0.05, 0.1) is 25.7 Å². The van der Waals surface area contributed by atoms with Crippen LogP contribution in [0.15, 0.2) is 142 Å². The first-order valence-corrected chi connectivity index (χ1v) is 19.6. The van der Waals surface area contributed by atoms with Crippen molar-refractivity contribution >= 4 is 69.0 Å². The van der Waals surface area contributed by atoms with Gasteiger partial charge in [-0.2, -0.15) is 25.3 Å². The molecule has 0 amide bonds. The molecule has 0 spiro atoms. The molecule has 1 aliphatic heterocycles. The van der Waals surface area contributed by atoms with Gasteiger partial charge in [-0.05, 0) is 78.2 Å². The van der Waals surface area contributed by atoms with E-state index in [2.05, 4.69) is 0 Å². The summed E-state index contributed by atoms with van der Waals surface area (Å²) in [6, 6.07) is 32.0. The van der Waals surface area contributed by atoms with Gasteiger partial charge in [0, 0.05) is 38.5 Å². The molecule has 0 fully saturated rings. The molecule has 14 heteroatoms. The maximum atomic E-state index is 12.4. The fraction of sp³-hybridized carbons (Fsp3) is 0.0270. The Balaban J connectivity index is 1.50. The fourth-order valence-electron chi connectivity index (χ4n) is 6.84. The van der Waals surface area contributed by atoms with Crippen LogP contribution in [-0.2, 0) is 36.0 Å². The van der Waals surface area contributed by atoms with Crippen molar-refractivity contribution in [2.75, 3.05) is 0 Å². The lowest BCUT2D eigenvalue weighted by Crippen LogP contribution is -2.34. The Morgan fingerprint density at radius 2 is 1.08 bits per heavy atom. The van der Waals surface area contributed by atoms with Crippen LogP contribution in [-0.4, -0.2) is 43.5 Å². The number of rotatable bonds is 6. The SMILES string of the molecule is O=S(=O)(O)c1ccc(C2(c3ccc(S(=O)(=O)O)cc3)C=Cc3c(c4ccc(S(=O)(=O)O)cc4c4c5ccccc5n(-c5ccccc5)c34)O2)cc1. The highest BCUT2D eigenvalue weighted by Crippen LogP contribution is 2.51. The predicted octanol–water partition coefficient (Wildman–Crippen LogP) is 7.03. The van der Waals surface area contributed by atoms with Crippen LogP contribution in [0.5, 0.6) is 5.75 Å². The molecule has 0 bridgehead atoms. The van der Waals surface area contributed by atoms with Crippen molar-refractivity contribution in [3.8, 4) is 11.4 Å². The van der Waals surface area contributed by atoms with E-state index < -0.39 is 36.0 Å². The van der Waals surface area contributed by atoms with Crippen LogP contribution in [0.4, 0.5) is 0 Å². The lowest BCUT2D eigenvalue weighted by molar-refractivity contribution is 0.163. The number of hydrogen-bond acceptors (Lipinski definition) is 7. The molecular formula is C37H25NO10S3. The summed E-state index contributed by atoms with van der Waals surface area (Å²) in [6.45, 7) is 0. The first-order chi connectivity index (χ1) is 24.2. The van der Waals surface area contributed by atoms with Crippen LogP contribution in [0, 0.1) is 0 Å². The predicted molar refractivity (Wildman–Crippen MR) is 191 cm³/mol. The van der Waals surface area contributed by atoms with Crippen LogP contribution < -0.4 is 4.74 Å². The minimum Gasteiger partial charge on any atom is -0.472 e. The van der Waals surface area contributed by atoms with Crippen molar-refractivity contribution in [1.82, 2.24) is 4.57 Å². The Bertz CT molecular complexity index is 2860. The second-order valence-electron chi connectivity index (χ2n) is 12.0. The average molecular weight is 740 g/mol. The van der Waals surface area contributed by atoms with E-state index >= 15 is 0 Å². The summed E-state index contributed by atoms with van der Waals surface area (Å²) in [5, 5.41) is 2.45. The van der Waals surface area contributed by atoms with E-state index in [0.717, 1.165) is 16.6 Å². The first-order valence-electron chi connectivity index (χ1n) is 15.3. The maximum absolute atomic E-state index is 12.4. The van der Waals surface area contributed by atoms with E-state index in [0.29, 0.717) is 44.1 Å². The number of hydrogen-bond donors (Lipinski definition) is 3. The third-order valence-corrected chi connectivity index (χ3v) is 11.7. The molecule has 0 atom stereocenters. The van der Waals surface area contributed by atoms with Crippen molar-refractivity contribution in [2.45, 2.75) is 20.3 Å². The van der Waals surface area contributed by atoms with Gasteiger partial charge in [-0.3, -0.25) is 13.7 Å². The molecule has 51 heavy (non-hydrogen) atoms. The molecule has 3 N–H and O–H groups in total. The molecule has 0 radical (unpaired) electrons. The second-order valence-corrected chi connectivity index (χ2v) is 16.3. The van der Waals surface area contributed by atoms with Gasteiger partial charge in [0.2, 0.25) is 0 Å². The van der Waals surface area contributed by atoms with Gasteiger partial charge in [-0.1, -0.05) is 60.7 Å². The number of aromatic nitrogens is 1. The summed E-state index contributed by atoms with van der Waals surface area (Å²) in [5.41, 5.74) is 2.16. The summed E-state index contributed by atoms with van der Waals surface area (Å²) in [7, 11) is -13.7. The van der Waals surface area contributed by atoms with Crippen molar-refractivity contribution in [1.29, 1.82) is 0 Å². The molecule has 8 rings (SSSR count). The van der Waals surface area contributed by atoms with E-state index in [1.807, 2.05) is 65.2 Å². The Hall–Kier alpha value is -5.35. The zero-order valence-electron chi connectivity index (χ0n) is 26.1. The molecule has 256 valence electrons. The van der Waals surface area contributed by atoms with Crippen molar-refractivity contribution in [3.63, 3.8) is 0 Å². The quantitative estimate of drug-likeness (QED) is 0.150. The number of fused-ring (bicyclic) bond motifs is 8. The summed E-state index contributed by atoms with van der Waals surface area (Å²) in [4.78, 5) is -1.05. The van der Waals surface area contributed by atoms with E-state index in [1.165, 1.54) is 66.7 Å². The zero-order chi connectivity index (χ0) is 35.9. The van der Waals surface area contributed by atoms with Gasteiger partial charge in [-0.15, -0.1) is 0 Å². The number of benzene rings is 6. The Kier molecular flexibility index (Phi) is 7.29. The van der Waals surface area contributed by atoms with Gasteiger partial charge >= 0.3 is 0 Å². The molecular weight excluding hydrogens is 715 g/mol. The fourth-order valence-corrected chi connectivity index (χ4v) is 8.31. The molecule has 6 aromatic carbocycles. The second kappa shape index (κ2) is 11.3. The molecule has 0 unspecified atom stereocenters. The number of para-hydroxylation sites is 2. The zero-order valence-corrected chi connectivity index (χ0v) is 28.5. The monoisotopic (exact) mass is 739 g/mol. The van der Waals surface area contributed by atoms with Crippen molar-refractivity contribution < 1.29 is 43.6 Å². The van der Waals surface area contributed by atoms with Crippen LogP contribution in [0.25, 0.3) is 44.3 Å². The van der Waals surface area contributed by atoms with Crippen molar-refractivity contribution in [3.05, 3.63) is 144 Å². The van der Waals surface area contributed by atoms with Crippen LogP contribution in [0.1, 0.15) is 16.7 Å². The lowest BCUT2D eigenvalue weighted by atomic mass is 9.83. The molecule has 11 nitrogen and oxygen atoms in total. The molecule has 0 saturated heterocycles. The van der Waals surface area contributed by atoms with Crippen molar-refractivity contribution in [2.24, 2.45) is 0 Å². The maximum Gasteiger partial charge on any atom is 0.294 e. The van der Waals surface area contributed by atoms with Crippen LogP contribution in [0.3, 0.4) is 0 Å². The lowest BCUT2D eigenvalue weighted by Gasteiger charge is -2.37. The normalized spacial score (nSPS) is 14.5. The average Bonchev–Trinajstić information content (AvgIpc) is 3.46. The smallest absolute Gasteiger partial charge is 0.294 e. The number of ether oxygens (including phenoxy) is 1. The standard InChI is InChI=1S/C37H25NO10S3/c39-49(40,41)26-14-10-23(11-15-26)37(24-12-16-27(17-13-24)50(42,43)44)21-20-31-35-34(32-22-28(51(45,46)47)18-19-29(32)36(31)48-37)30-8-4-5-9-33(30)38(35)25-6-2-1-3-7-25/h1-22H,(H,39,40,41)(H,42,43,44)(H,45,46,47). The summed E-state index contributed by atoms with van der Waals surface area (Å²) >= 11 is 0. The minimum absolute atomic E-state index is 0.305. The molecule has 1 aromatic heterocycles. The summed E-state index contributed by atoms with van der Waals surface area (Å²) < 4.78 is 111. The topological polar surface area (TPSA) is 177 Å². The Labute approximate surface area is 291 Å². The third kappa shape index (κ3) is 5.31. The highest BCUT2D eigenvalue weighted by molar-refractivity contribution is 7.86. The van der Waals surface area contributed by atoms with Crippen LogP contribution >= 0.6 is 0 Å². The summed E-state index contributed by atoms with van der Waals surface area (Å²) in [5.74, 6) is 0.305. The minimum atomic E-state index is -4.62. The largest absolute Gasteiger partial charge is 0.472 e. The van der Waals surface area contributed by atoms with E-state index in [1.54, 1.807) is 6.08 Å². The van der Waals surface area contributed by atoms with Gasteiger partial charge in [0.1, 0.15) is 5.75 Å². The van der Waals surface area contributed by atoms with Gasteiger partial charge in [0.25, 0.3) is 30.4 Å². The highest BCUT2D eigenvalue weighted by atomic mass is 32.2. The molecule has 2 heterocycles. The van der Waals surface area contributed by atoms with E-state index in [4.69, 9.17) is 4.74 Å². The first kappa shape index (κ1) is 32.8. The van der Waals surface area contributed by atoms with Gasteiger partial charge in [-0.25, -0.2) is 0 Å². The van der Waals surface area contributed by atoms with E-state index in [-0.39, 0.29) is 14.7 Å². The Morgan fingerprint density at radius 1 is 0.549 bits per heavy atom. The number of nitrogens with zero attached hydrogens (tertiary/aromatic N) is 1. The Morgan fingerprint density at radius 3 is 1.65 bits per heavy atom. The summed E-state index contributed by atoms with van der Waals surface area (Å²) in [6.07, 6.45) is 3.58. The van der Waals surface area contributed by atoms with E-state index in [9.17, 15) is 38.9 Å². The molecule has 0 aliphatic carbocycles. The van der Waals surface area contributed by atoms with Gasteiger partial charge in [0.15, 0.2) is 5.60 Å². The third-order valence-electron chi connectivity index (χ3n) is 9.10.